The maximum Gasteiger partial charge on any atom is 0.225 e. The van der Waals surface area contributed by atoms with Crippen LogP contribution in [0.2, 0.25) is 0 Å². The number of nitrogens with zero attached hydrogens (tertiary/aromatic N) is 3. The highest BCUT2D eigenvalue weighted by atomic mass is 16.2. The molecule has 6 nitrogen and oxygen atoms in total. The summed E-state index contributed by atoms with van der Waals surface area (Å²) in [5.74, 6) is -0.0932. The van der Waals surface area contributed by atoms with Gasteiger partial charge in [0.2, 0.25) is 11.8 Å². The molecule has 110 valence electrons. The minimum atomic E-state index is -0.180. The zero-order valence-corrected chi connectivity index (χ0v) is 12.1. The first kappa shape index (κ1) is 14.6. The quantitative estimate of drug-likeness (QED) is 0.763. The van der Waals surface area contributed by atoms with Crippen LogP contribution in [0.25, 0.3) is 0 Å². The Morgan fingerprint density at radius 3 is 2.95 bits per heavy atom. The number of amides is 2. The lowest BCUT2D eigenvalue weighted by molar-refractivity contribution is -0.128. The van der Waals surface area contributed by atoms with Gasteiger partial charge in [-0.2, -0.15) is 5.10 Å². The molecule has 0 unspecified atom stereocenters. The fourth-order valence-corrected chi connectivity index (χ4v) is 2.50. The molecule has 20 heavy (non-hydrogen) atoms. The summed E-state index contributed by atoms with van der Waals surface area (Å²) in [6.07, 6.45) is 5.96. The van der Waals surface area contributed by atoms with Gasteiger partial charge >= 0.3 is 0 Å². The fourth-order valence-electron chi connectivity index (χ4n) is 2.50. The molecule has 0 radical (unpaired) electrons. The van der Waals surface area contributed by atoms with E-state index in [1.54, 1.807) is 9.58 Å². The highest BCUT2D eigenvalue weighted by molar-refractivity contribution is 5.89. The molecule has 1 aromatic rings. The van der Waals surface area contributed by atoms with Gasteiger partial charge in [0.25, 0.3) is 0 Å². The first-order valence-corrected chi connectivity index (χ1v) is 7.13. The predicted octanol–water partition coefficient (Wildman–Crippen LogP) is 0.337. The number of likely N-dealkylation sites (tertiary alicyclic amines) is 1. The number of carbonyl (C=O) groups excluding carboxylic acids is 2. The molecule has 0 bridgehead atoms. The van der Waals surface area contributed by atoms with E-state index >= 15 is 0 Å². The summed E-state index contributed by atoms with van der Waals surface area (Å²) in [4.78, 5) is 25.3. The second-order valence-corrected chi connectivity index (χ2v) is 5.25. The Bertz CT molecular complexity index is 483. The fraction of sp³-hybridized carbons (Fsp3) is 0.643. The number of aryl methyl sites for hydroxylation is 2. The van der Waals surface area contributed by atoms with E-state index in [9.17, 15) is 9.59 Å². The Labute approximate surface area is 119 Å². The van der Waals surface area contributed by atoms with E-state index in [4.69, 9.17) is 0 Å². The van der Waals surface area contributed by atoms with E-state index in [1.807, 2.05) is 26.4 Å². The average Bonchev–Trinajstić information content (AvgIpc) is 3.00. The topological polar surface area (TPSA) is 67.2 Å². The molecular formula is C14H22N4O2. The number of hydrogen-bond donors (Lipinski definition) is 1. The maximum absolute atomic E-state index is 12.0. The Balaban J connectivity index is 1.67. The van der Waals surface area contributed by atoms with E-state index in [1.165, 1.54) is 5.56 Å². The molecule has 0 aliphatic carbocycles. The van der Waals surface area contributed by atoms with Crippen molar-refractivity contribution in [3.05, 3.63) is 18.0 Å². The molecule has 6 heteroatoms. The molecular weight excluding hydrogens is 256 g/mol. The Kier molecular flexibility index (Phi) is 4.76. The molecule has 0 spiro atoms. The van der Waals surface area contributed by atoms with Gasteiger partial charge in [0, 0.05) is 39.3 Å². The molecule has 1 aromatic heterocycles. The van der Waals surface area contributed by atoms with Crippen LogP contribution in [0.5, 0.6) is 0 Å². The van der Waals surface area contributed by atoms with Crippen LogP contribution in [-0.4, -0.2) is 46.1 Å². The molecule has 1 aliphatic rings. The SMILES string of the molecule is CCN1C[C@H](C(=O)NCCCc2cnn(C)c2)CC1=O. The van der Waals surface area contributed by atoms with E-state index in [0.717, 1.165) is 12.8 Å². The van der Waals surface area contributed by atoms with E-state index in [2.05, 4.69) is 10.4 Å². The number of hydrogen-bond acceptors (Lipinski definition) is 3. The molecule has 1 aliphatic heterocycles. The van der Waals surface area contributed by atoms with E-state index in [0.29, 0.717) is 26.1 Å². The lowest BCUT2D eigenvalue weighted by Gasteiger charge is -2.13. The summed E-state index contributed by atoms with van der Waals surface area (Å²) in [5.41, 5.74) is 1.18. The lowest BCUT2D eigenvalue weighted by atomic mass is 10.1. The van der Waals surface area contributed by atoms with Crippen LogP contribution in [0, 0.1) is 5.92 Å². The first-order chi connectivity index (χ1) is 9.60. The summed E-state index contributed by atoms with van der Waals surface area (Å²) in [6, 6.07) is 0. The van der Waals surface area contributed by atoms with Crippen molar-refractivity contribution in [1.29, 1.82) is 0 Å². The lowest BCUT2D eigenvalue weighted by Crippen LogP contribution is -2.33. The van der Waals surface area contributed by atoms with Crippen LogP contribution in [-0.2, 0) is 23.1 Å². The molecule has 1 fully saturated rings. The van der Waals surface area contributed by atoms with Gasteiger partial charge in [-0.05, 0) is 25.3 Å². The molecule has 2 amide bonds. The number of carbonyl (C=O) groups is 2. The van der Waals surface area contributed by atoms with Gasteiger partial charge in [-0.1, -0.05) is 0 Å². The van der Waals surface area contributed by atoms with Crippen LogP contribution in [0.3, 0.4) is 0 Å². The molecule has 2 rings (SSSR count). The zero-order chi connectivity index (χ0) is 14.5. The third kappa shape index (κ3) is 3.59. The van der Waals surface area contributed by atoms with Crippen molar-refractivity contribution in [1.82, 2.24) is 20.0 Å². The third-order valence-corrected chi connectivity index (χ3v) is 3.67. The van der Waals surface area contributed by atoms with Crippen LogP contribution >= 0.6 is 0 Å². The van der Waals surface area contributed by atoms with Crippen molar-refractivity contribution in [2.75, 3.05) is 19.6 Å². The van der Waals surface area contributed by atoms with Crippen molar-refractivity contribution in [3.63, 3.8) is 0 Å². The standard InChI is InChI=1S/C14H22N4O2/c1-3-18-10-12(7-13(18)19)14(20)15-6-4-5-11-8-16-17(2)9-11/h8-9,12H,3-7,10H2,1-2H3,(H,15,20)/t12-/m1/s1. The van der Waals surface area contributed by atoms with Gasteiger partial charge in [0.05, 0.1) is 12.1 Å². The molecule has 0 saturated carbocycles. The van der Waals surface area contributed by atoms with Gasteiger partial charge in [-0.15, -0.1) is 0 Å². The second kappa shape index (κ2) is 6.54. The number of nitrogens with one attached hydrogen (secondary N) is 1. The van der Waals surface area contributed by atoms with Crippen LogP contribution < -0.4 is 5.32 Å². The maximum atomic E-state index is 12.0. The van der Waals surface area contributed by atoms with Crippen LogP contribution in [0.15, 0.2) is 12.4 Å². The van der Waals surface area contributed by atoms with Crippen molar-refractivity contribution >= 4 is 11.8 Å². The summed E-state index contributed by atoms with van der Waals surface area (Å²) < 4.78 is 1.78. The molecule has 1 atom stereocenters. The molecule has 2 heterocycles. The molecule has 1 saturated heterocycles. The number of rotatable bonds is 6. The Morgan fingerprint density at radius 2 is 2.35 bits per heavy atom. The largest absolute Gasteiger partial charge is 0.356 e. The van der Waals surface area contributed by atoms with Gasteiger partial charge in [0.15, 0.2) is 0 Å². The zero-order valence-electron chi connectivity index (χ0n) is 12.1. The second-order valence-electron chi connectivity index (χ2n) is 5.25. The van der Waals surface area contributed by atoms with Crippen LogP contribution in [0.1, 0.15) is 25.3 Å². The highest BCUT2D eigenvalue weighted by Crippen LogP contribution is 2.17. The van der Waals surface area contributed by atoms with E-state index in [-0.39, 0.29) is 17.7 Å². The van der Waals surface area contributed by atoms with Crippen molar-refractivity contribution in [2.45, 2.75) is 26.2 Å². The summed E-state index contributed by atoms with van der Waals surface area (Å²) in [5, 5.41) is 7.03. The van der Waals surface area contributed by atoms with Gasteiger partial charge in [-0.25, -0.2) is 0 Å². The highest BCUT2D eigenvalue weighted by Gasteiger charge is 2.32. The van der Waals surface area contributed by atoms with Gasteiger partial charge in [-0.3, -0.25) is 14.3 Å². The summed E-state index contributed by atoms with van der Waals surface area (Å²) in [7, 11) is 1.89. The average molecular weight is 278 g/mol. The molecule has 1 N–H and O–H groups in total. The minimum absolute atomic E-state index is 0.000451. The minimum Gasteiger partial charge on any atom is -0.356 e. The Morgan fingerprint density at radius 1 is 1.55 bits per heavy atom. The van der Waals surface area contributed by atoms with Crippen molar-refractivity contribution in [3.8, 4) is 0 Å². The smallest absolute Gasteiger partial charge is 0.225 e. The van der Waals surface area contributed by atoms with Crippen molar-refractivity contribution < 1.29 is 9.59 Å². The summed E-state index contributed by atoms with van der Waals surface area (Å²) in [6.45, 7) is 3.82. The normalized spacial score (nSPS) is 18.6. The first-order valence-electron chi connectivity index (χ1n) is 7.13. The molecule has 0 aromatic carbocycles. The predicted molar refractivity (Wildman–Crippen MR) is 74.9 cm³/mol. The Hall–Kier alpha value is -1.85. The van der Waals surface area contributed by atoms with Crippen LogP contribution in [0.4, 0.5) is 0 Å². The van der Waals surface area contributed by atoms with Gasteiger partial charge < -0.3 is 10.2 Å². The summed E-state index contributed by atoms with van der Waals surface area (Å²) >= 11 is 0. The monoisotopic (exact) mass is 278 g/mol. The van der Waals surface area contributed by atoms with E-state index < -0.39 is 0 Å². The van der Waals surface area contributed by atoms with Crippen molar-refractivity contribution in [2.24, 2.45) is 13.0 Å². The third-order valence-electron chi connectivity index (χ3n) is 3.67. The number of aromatic nitrogens is 2. The van der Waals surface area contributed by atoms with Gasteiger partial charge in [0.1, 0.15) is 0 Å².